The predicted octanol–water partition coefficient (Wildman–Crippen LogP) is -0.0424. The Bertz CT molecular complexity index is 424. The number of nitrogens with one attached hydrogen (secondary N) is 1. The molecular weight excluding hydrogens is 282 g/mol. The Morgan fingerprint density at radius 3 is 2.65 bits per heavy atom. The first-order valence-corrected chi connectivity index (χ1v) is 8.33. The third kappa shape index (κ3) is 5.35. The van der Waals surface area contributed by atoms with Crippen LogP contribution in [-0.4, -0.2) is 68.0 Å². The molecular formula is C12H25N3O4S. The van der Waals surface area contributed by atoms with Crippen molar-refractivity contribution in [3.05, 3.63) is 0 Å². The SMILES string of the molecule is CC(C)N1CCC(CNS(=O)(=O)N(C)CCC(=O)O)C1. The van der Waals surface area contributed by atoms with E-state index >= 15 is 0 Å². The van der Waals surface area contributed by atoms with Crippen LogP contribution in [0.2, 0.25) is 0 Å². The van der Waals surface area contributed by atoms with E-state index in [4.69, 9.17) is 5.11 Å². The summed E-state index contributed by atoms with van der Waals surface area (Å²) in [6.45, 7) is 6.55. The highest BCUT2D eigenvalue weighted by Gasteiger charge is 2.26. The van der Waals surface area contributed by atoms with Gasteiger partial charge in [-0.3, -0.25) is 4.79 Å². The number of nitrogens with zero attached hydrogens (tertiary/aromatic N) is 2. The Morgan fingerprint density at radius 1 is 1.50 bits per heavy atom. The lowest BCUT2D eigenvalue weighted by Crippen LogP contribution is -2.41. The van der Waals surface area contributed by atoms with Crippen LogP contribution < -0.4 is 4.72 Å². The third-order valence-electron chi connectivity index (χ3n) is 3.65. The van der Waals surface area contributed by atoms with Crippen LogP contribution in [0.25, 0.3) is 0 Å². The van der Waals surface area contributed by atoms with Crippen LogP contribution >= 0.6 is 0 Å². The second kappa shape index (κ2) is 7.35. The van der Waals surface area contributed by atoms with Crippen LogP contribution in [0.4, 0.5) is 0 Å². The molecule has 0 aromatic rings. The zero-order valence-corrected chi connectivity index (χ0v) is 13.2. The molecule has 0 amide bonds. The minimum atomic E-state index is -3.58. The van der Waals surface area contributed by atoms with Crippen molar-refractivity contribution < 1.29 is 18.3 Å². The summed E-state index contributed by atoms with van der Waals surface area (Å²) >= 11 is 0. The van der Waals surface area contributed by atoms with E-state index in [2.05, 4.69) is 23.5 Å². The molecule has 1 atom stereocenters. The molecule has 1 unspecified atom stereocenters. The van der Waals surface area contributed by atoms with Gasteiger partial charge in [0.15, 0.2) is 0 Å². The van der Waals surface area contributed by atoms with Gasteiger partial charge in [-0.25, -0.2) is 4.72 Å². The highest BCUT2D eigenvalue weighted by atomic mass is 32.2. The summed E-state index contributed by atoms with van der Waals surface area (Å²) in [5.41, 5.74) is 0. The summed E-state index contributed by atoms with van der Waals surface area (Å²) in [6.07, 6.45) is 0.793. The number of hydrogen-bond acceptors (Lipinski definition) is 4. The zero-order chi connectivity index (χ0) is 15.3. The van der Waals surface area contributed by atoms with E-state index in [1.807, 2.05) is 0 Å². The van der Waals surface area contributed by atoms with Crippen molar-refractivity contribution in [1.82, 2.24) is 13.9 Å². The molecule has 1 rings (SSSR count). The molecule has 0 aromatic heterocycles. The van der Waals surface area contributed by atoms with Gasteiger partial charge < -0.3 is 10.0 Å². The molecule has 118 valence electrons. The average molecular weight is 307 g/mol. The number of carbonyl (C=O) groups is 1. The van der Waals surface area contributed by atoms with Crippen LogP contribution in [0.15, 0.2) is 0 Å². The summed E-state index contributed by atoms with van der Waals surface area (Å²) < 4.78 is 27.5. The smallest absolute Gasteiger partial charge is 0.304 e. The number of likely N-dealkylation sites (tertiary alicyclic amines) is 1. The minimum absolute atomic E-state index is 0.0204. The summed E-state index contributed by atoms with van der Waals surface area (Å²) in [7, 11) is -2.19. The maximum absolute atomic E-state index is 11.9. The summed E-state index contributed by atoms with van der Waals surface area (Å²) in [5, 5.41) is 8.56. The Labute approximate surface area is 121 Å². The summed E-state index contributed by atoms with van der Waals surface area (Å²) in [4.78, 5) is 12.8. The number of carboxylic acids is 1. The molecule has 20 heavy (non-hydrogen) atoms. The molecule has 1 aliphatic heterocycles. The summed E-state index contributed by atoms with van der Waals surface area (Å²) in [5.74, 6) is -0.685. The van der Waals surface area contributed by atoms with Gasteiger partial charge in [-0.2, -0.15) is 12.7 Å². The molecule has 0 radical (unpaired) electrons. The van der Waals surface area contributed by atoms with E-state index < -0.39 is 16.2 Å². The van der Waals surface area contributed by atoms with Crippen LogP contribution in [0.5, 0.6) is 0 Å². The van der Waals surface area contributed by atoms with E-state index in [9.17, 15) is 13.2 Å². The fourth-order valence-electron chi connectivity index (χ4n) is 2.20. The monoisotopic (exact) mass is 307 g/mol. The Kier molecular flexibility index (Phi) is 6.38. The van der Waals surface area contributed by atoms with Gasteiger partial charge in [-0.1, -0.05) is 0 Å². The molecule has 8 heteroatoms. The van der Waals surface area contributed by atoms with Crippen LogP contribution in [0.1, 0.15) is 26.7 Å². The maximum atomic E-state index is 11.9. The zero-order valence-electron chi connectivity index (χ0n) is 12.4. The second-order valence-corrected chi connectivity index (χ2v) is 7.42. The minimum Gasteiger partial charge on any atom is -0.481 e. The van der Waals surface area contributed by atoms with Gasteiger partial charge in [0.2, 0.25) is 0 Å². The predicted molar refractivity (Wildman–Crippen MR) is 76.6 cm³/mol. The first-order valence-electron chi connectivity index (χ1n) is 6.89. The van der Waals surface area contributed by atoms with E-state index in [0.29, 0.717) is 18.5 Å². The van der Waals surface area contributed by atoms with Crippen LogP contribution in [0.3, 0.4) is 0 Å². The first-order chi connectivity index (χ1) is 9.22. The van der Waals surface area contributed by atoms with Gasteiger partial charge >= 0.3 is 5.97 Å². The molecule has 0 spiro atoms. The fraction of sp³-hybridized carbons (Fsp3) is 0.917. The lowest BCUT2D eigenvalue weighted by molar-refractivity contribution is -0.137. The number of aliphatic carboxylic acids is 1. The van der Waals surface area contributed by atoms with Gasteiger partial charge in [0, 0.05) is 32.7 Å². The van der Waals surface area contributed by atoms with E-state index in [-0.39, 0.29) is 13.0 Å². The second-order valence-electron chi connectivity index (χ2n) is 5.56. The van der Waals surface area contributed by atoms with E-state index in [1.165, 1.54) is 7.05 Å². The molecule has 1 heterocycles. The van der Waals surface area contributed by atoms with Crippen molar-refractivity contribution in [3.63, 3.8) is 0 Å². The summed E-state index contributed by atoms with van der Waals surface area (Å²) in [6, 6.07) is 0.481. The van der Waals surface area contributed by atoms with Gasteiger partial charge in [0.25, 0.3) is 10.2 Å². The van der Waals surface area contributed by atoms with E-state index in [1.54, 1.807) is 0 Å². The maximum Gasteiger partial charge on any atom is 0.304 e. The van der Waals surface area contributed by atoms with Crippen molar-refractivity contribution in [3.8, 4) is 0 Å². The van der Waals surface area contributed by atoms with Crippen molar-refractivity contribution in [2.75, 3.05) is 33.2 Å². The Morgan fingerprint density at radius 2 is 2.15 bits per heavy atom. The van der Waals surface area contributed by atoms with Crippen LogP contribution in [0, 0.1) is 5.92 Å². The average Bonchev–Trinajstić information content (AvgIpc) is 2.82. The van der Waals surface area contributed by atoms with Gasteiger partial charge in [0.05, 0.1) is 6.42 Å². The Balaban J connectivity index is 2.38. The molecule has 0 aliphatic carbocycles. The normalized spacial score (nSPS) is 20.9. The molecule has 1 fully saturated rings. The number of hydrogen-bond donors (Lipinski definition) is 2. The fourth-order valence-corrected chi connectivity index (χ4v) is 3.20. The topological polar surface area (TPSA) is 90.0 Å². The quantitative estimate of drug-likeness (QED) is 0.656. The van der Waals surface area contributed by atoms with Crippen molar-refractivity contribution in [2.24, 2.45) is 5.92 Å². The lowest BCUT2D eigenvalue weighted by atomic mass is 10.1. The lowest BCUT2D eigenvalue weighted by Gasteiger charge is -2.21. The number of rotatable bonds is 8. The Hall–Kier alpha value is -0.700. The first kappa shape index (κ1) is 17.4. The van der Waals surface area contributed by atoms with Gasteiger partial charge in [0.1, 0.15) is 0 Å². The molecule has 2 N–H and O–H groups in total. The highest BCUT2D eigenvalue weighted by molar-refractivity contribution is 7.87. The van der Waals surface area contributed by atoms with Crippen molar-refractivity contribution >= 4 is 16.2 Å². The van der Waals surface area contributed by atoms with Crippen LogP contribution in [-0.2, 0) is 15.0 Å². The number of carboxylic acid groups (broad SMARTS) is 1. The van der Waals surface area contributed by atoms with E-state index in [0.717, 1.165) is 23.8 Å². The molecule has 1 saturated heterocycles. The van der Waals surface area contributed by atoms with Crippen molar-refractivity contribution in [2.45, 2.75) is 32.7 Å². The van der Waals surface area contributed by atoms with Crippen molar-refractivity contribution in [1.29, 1.82) is 0 Å². The standard InChI is InChI=1S/C12H25N3O4S/c1-10(2)15-7-4-11(9-15)8-13-20(18,19)14(3)6-5-12(16)17/h10-11,13H,4-9H2,1-3H3,(H,16,17). The molecule has 1 aliphatic rings. The molecule has 7 nitrogen and oxygen atoms in total. The molecule has 0 saturated carbocycles. The van der Waals surface area contributed by atoms with Gasteiger partial charge in [-0.15, -0.1) is 0 Å². The molecule has 0 aromatic carbocycles. The molecule has 0 bridgehead atoms. The largest absolute Gasteiger partial charge is 0.481 e. The van der Waals surface area contributed by atoms with Gasteiger partial charge in [-0.05, 0) is 32.7 Å². The highest BCUT2D eigenvalue weighted by Crippen LogP contribution is 2.17. The third-order valence-corrected chi connectivity index (χ3v) is 5.19.